The van der Waals surface area contributed by atoms with Crippen LogP contribution in [0, 0.1) is 0 Å². The van der Waals surface area contributed by atoms with Crippen molar-refractivity contribution in [3.63, 3.8) is 0 Å². The monoisotopic (exact) mass is 256 g/mol. The minimum atomic E-state index is -0.228. The van der Waals surface area contributed by atoms with Crippen LogP contribution in [0.5, 0.6) is 0 Å². The third kappa shape index (κ3) is 3.91. The van der Waals surface area contributed by atoms with Crippen LogP contribution in [0.1, 0.15) is 23.7 Å². The van der Waals surface area contributed by atoms with Gasteiger partial charge in [0.15, 0.2) is 0 Å². The van der Waals surface area contributed by atoms with Crippen LogP contribution >= 0.6 is 11.6 Å². The summed E-state index contributed by atoms with van der Waals surface area (Å²) in [6.45, 7) is 2.45. The molecule has 0 fully saturated rings. The van der Waals surface area contributed by atoms with Crippen LogP contribution in [0.3, 0.4) is 0 Å². The van der Waals surface area contributed by atoms with Gasteiger partial charge in [0.05, 0.1) is 18.2 Å². The van der Waals surface area contributed by atoms with E-state index >= 15 is 0 Å². The highest BCUT2D eigenvalue weighted by Gasteiger charge is 2.14. The number of hydrogen-bond acceptors (Lipinski definition) is 3. The molecule has 0 bridgehead atoms. The van der Waals surface area contributed by atoms with E-state index < -0.39 is 0 Å². The minimum Gasteiger partial charge on any atom is -0.398 e. The maximum atomic E-state index is 12.0. The normalized spacial score (nSPS) is 12.2. The molecule has 3 N–H and O–H groups in total. The van der Waals surface area contributed by atoms with Crippen molar-refractivity contribution in [1.29, 1.82) is 0 Å². The second-order valence-electron chi connectivity index (χ2n) is 3.77. The quantitative estimate of drug-likeness (QED) is 0.793. The Bertz CT molecular complexity index is 396. The highest BCUT2D eigenvalue weighted by atomic mass is 35.5. The average Bonchev–Trinajstić information content (AvgIpc) is 2.31. The zero-order valence-electron chi connectivity index (χ0n) is 10.00. The Labute approximate surface area is 106 Å². The van der Waals surface area contributed by atoms with Crippen molar-refractivity contribution in [3.8, 4) is 0 Å². The highest BCUT2D eigenvalue weighted by molar-refractivity contribution is 6.31. The summed E-state index contributed by atoms with van der Waals surface area (Å²) in [6.07, 6.45) is 0.792. The van der Waals surface area contributed by atoms with Gasteiger partial charge in [-0.3, -0.25) is 4.79 Å². The Kier molecular flexibility index (Phi) is 5.25. The second kappa shape index (κ2) is 6.47. The summed E-state index contributed by atoms with van der Waals surface area (Å²) in [5, 5.41) is 3.34. The van der Waals surface area contributed by atoms with Gasteiger partial charge >= 0.3 is 0 Å². The fraction of sp³-hybridized carbons (Fsp3) is 0.417. The molecule has 0 radical (unpaired) electrons. The van der Waals surface area contributed by atoms with Crippen molar-refractivity contribution >= 4 is 23.2 Å². The van der Waals surface area contributed by atoms with Crippen LogP contribution < -0.4 is 11.1 Å². The number of anilines is 1. The third-order valence-electron chi connectivity index (χ3n) is 2.46. The van der Waals surface area contributed by atoms with E-state index in [0.717, 1.165) is 6.42 Å². The van der Waals surface area contributed by atoms with E-state index in [-0.39, 0.29) is 11.9 Å². The van der Waals surface area contributed by atoms with Crippen molar-refractivity contribution in [2.75, 3.05) is 19.5 Å². The molecular weight excluding hydrogens is 240 g/mol. The Morgan fingerprint density at radius 3 is 2.88 bits per heavy atom. The van der Waals surface area contributed by atoms with Crippen LogP contribution in [-0.4, -0.2) is 25.7 Å². The molecule has 4 nitrogen and oxygen atoms in total. The van der Waals surface area contributed by atoms with Gasteiger partial charge in [0.1, 0.15) is 0 Å². The van der Waals surface area contributed by atoms with Gasteiger partial charge in [0, 0.05) is 17.8 Å². The van der Waals surface area contributed by atoms with Crippen molar-refractivity contribution in [2.24, 2.45) is 0 Å². The van der Waals surface area contributed by atoms with Gasteiger partial charge in [-0.25, -0.2) is 0 Å². The lowest BCUT2D eigenvalue weighted by Crippen LogP contribution is -2.37. The number of hydrogen-bond donors (Lipinski definition) is 2. The van der Waals surface area contributed by atoms with E-state index in [4.69, 9.17) is 22.1 Å². The molecule has 17 heavy (non-hydrogen) atoms. The molecular formula is C12H17ClN2O2. The molecule has 1 amide bonds. The zero-order chi connectivity index (χ0) is 12.8. The number of halogens is 1. The molecule has 94 valence electrons. The molecule has 0 spiro atoms. The Morgan fingerprint density at radius 2 is 2.29 bits per heavy atom. The van der Waals surface area contributed by atoms with Crippen LogP contribution in [0.25, 0.3) is 0 Å². The smallest absolute Gasteiger partial charge is 0.253 e. The molecule has 0 aromatic heterocycles. The van der Waals surface area contributed by atoms with Gasteiger partial charge in [-0.15, -0.1) is 0 Å². The van der Waals surface area contributed by atoms with Crippen LogP contribution in [0.4, 0.5) is 5.69 Å². The molecule has 1 unspecified atom stereocenters. The van der Waals surface area contributed by atoms with E-state index in [1.807, 2.05) is 6.92 Å². The first-order valence-corrected chi connectivity index (χ1v) is 5.81. The topological polar surface area (TPSA) is 64.3 Å². The maximum absolute atomic E-state index is 12.0. The number of rotatable bonds is 5. The molecule has 1 aromatic rings. The molecule has 0 saturated heterocycles. The van der Waals surface area contributed by atoms with Crippen molar-refractivity contribution in [2.45, 2.75) is 19.4 Å². The number of nitrogens with two attached hydrogens (primary N) is 1. The van der Waals surface area contributed by atoms with Gasteiger partial charge in [-0.1, -0.05) is 18.5 Å². The fourth-order valence-corrected chi connectivity index (χ4v) is 1.62. The van der Waals surface area contributed by atoms with Gasteiger partial charge in [0.2, 0.25) is 0 Å². The highest BCUT2D eigenvalue weighted by Crippen LogP contribution is 2.17. The fourth-order valence-electron chi connectivity index (χ4n) is 1.45. The molecule has 0 aliphatic carbocycles. The second-order valence-corrected chi connectivity index (χ2v) is 4.20. The largest absolute Gasteiger partial charge is 0.398 e. The van der Waals surface area contributed by atoms with E-state index in [2.05, 4.69) is 5.32 Å². The number of nitrogens with one attached hydrogen (secondary N) is 1. The number of ether oxygens (including phenoxy) is 1. The molecule has 1 rings (SSSR count). The predicted molar refractivity (Wildman–Crippen MR) is 69.3 cm³/mol. The number of methoxy groups -OCH3 is 1. The number of carbonyl (C=O) groups is 1. The van der Waals surface area contributed by atoms with Gasteiger partial charge in [-0.2, -0.15) is 0 Å². The first-order valence-electron chi connectivity index (χ1n) is 5.43. The SMILES string of the molecule is CCC(COC)NC(=O)c1cc(Cl)ccc1N. The molecule has 0 heterocycles. The summed E-state index contributed by atoms with van der Waals surface area (Å²) >= 11 is 5.83. The molecule has 1 atom stereocenters. The van der Waals surface area contributed by atoms with Crippen molar-refractivity contribution < 1.29 is 9.53 Å². The lowest BCUT2D eigenvalue weighted by molar-refractivity contribution is 0.0895. The maximum Gasteiger partial charge on any atom is 0.253 e. The number of benzene rings is 1. The lowest BCUT2D eigenvalue weighted by Gasteiger charge is -2.16. The van der Waals surface area contributed by atoms with Crippen LogP contribution in [0.15, 0.2) is 18.2 Å². The summed E-state index contributed by atoms with van der Waals surface area (Å²) in [7, 11) is 1.60. The van der Waals surface area contributed by atoms with E-state index in [1.165, 1.54) is 0 Å². The van der Waals surface area contributed by atoms with Crippen molar-refractivity contribution in [3.05, 3.63) is 28.8 Å². The van der Waals surface area contributed by atoms with Crippen LogP contribution in [-0.2, 0) is 4.74 Å². The summed E-state index contributed by atoms with van der Waals surface area (Å²) in [6, 6.07) is 4.81. The standard InChI is InChI=1S/C12H17ClN2O2/c1-3-9(7-17-2)15-12(16)10-6-8(13)4-5-11(10)14/h4-6,9H,3,7,14H2,1-2H3,(H,15,16). The van der Waals surface area contributed by atoms with E-state index in [0.29, 0.717) is 22.9 Å². The lowest BCUT2D eigenvalue weighted by atomic mass is 10.1. The van der Waals surface area contributed by atoms with E-state index in [1.54, 1.807) is 25.3 Å². The Morgan fingerprint density at radius 1 is 1.59 bits per heavy atom. The summed E-state index contributed by atoms with van der Waals surface area (Å²) in [4.78, 5) is 12.0. The van der Waals surface area contributed by atoms with Gasteiger partial charge in [0.25, 0.3) is 5.91 Å². The minimum absolute atomic E-state index is 0.0223. The zero-order valence-corrected chi connectivity index (χ0v) is 10.8. The first kappa shape index (κ1) is 13.8. The number of nitrogen functional groups attached to an aromatic ring is 1. The van der Waals surface area contributed by atoms with Crippen LogP contribution in [0.2, 0.25) is 5.02 Å². The number of carbonyl (C=O) groups excluding carboxylic acids is 1. The number of amides is 1. The van der Waals surface area contributed by atoms with E-state index in [9.17, 15) is 4.79 Å². The molecule has 0 aliphatic heterocycles. The molecule has 5 heteroatoms. The molecule has 0 aliphatic rings. The average molecular weight is 257 g/mol. The molecule has 1 aromatic carbocycles. The third-order valence-corrected chi connectivity index (χ3v) is 2.69. The van der Waals surface area contributed by atoms with Gasteiger partial charge < -0.3 is 15.8 Å². The summed E-state index contributed by atoms with van der Waals surface area (Å²) < 4.78 is 5.01. The predicted octanol–water partition coefficient (Wildman–Crippen LogP) is 2.08. The Balaban J connectivity index is 2.78. The molecule has 0 saturated carbocycles. The Hall–Kier alpha value is -1.26. The first-order chi connectivity index (χ1) is 8.08. The summed E-state index contributed by atoms with van der Waals surface area (Å²) in [5.41, 5.74) is 6.54. The summed E-state index contributed by atoms with van der Waals surface area (Å²) in [5.74, 6) is -0.228. The van der Waals surface area contributed by atoms with Crippen molar-refractivity contribution in [1.82, 2.24) is 5.32 Å². The van der Waals surface area contributed by atoms with Gasteiger partial charge in [-0.05, 0) is 24.6 Å².